The molecule has 1 aromatic carbocycles. The molecule has 5 nitrogen and oxygen atoms in total. The zero-order chi connectivity index (χ0) is 14.0. The average Bonchev–Trinajstić information content (AvgIpc) is 2.71. The SMILES string of the molecule is CCCOc1c(N2C(=O)C=CC2=O)ccc(O)c1C. The van der Waals surface area contributed by atoms with E-state index >= 15 is 0 Å². The molecule has 5 heteroatoms. The van der Waals surface area contributed by atoms with E-state index in [2.05, 4.69) is 0 Å². The van der Waals surface area contributed by atoms with Gasteiger partial charge in [0, 0.05) is 17.7 Å². The topological polar surface area (TPSA) is 66.8 Å². The molecule has 0 aliphatic carbocycles. The van der Waals surface area contributed by atoms with Crippen molar-refractivity contribution in [2.45, 2.75) is 20.3 Å². The number of benzene rings is 1. The molecule has 0 atom stereocenters. The van der Waals surface area contributed by atoms with E-state index in [0.29, 0.717) is 23.6 Å². The summed E-state index contributed by atoms with van der Waals surface area (Å²) in [7, 11) is 0. The molecule has 1 N–H and O–H groups in total. The van der Waals surface area contributed by atoms with Gasteiger partial charge in [-0.1, -0.05) is 6.92 Å². The zero-order valence-corrected chi connectivity index (χ0v) is 10.8. The Morgan fingerprint density at radius 3 is 2.42 bits per heavy atom. The first kappa shape index (κ1) is 13.1. The minimum Gasteiger partial charge on any atom is -0.508 e. The molecule has 0 unspecified atom stereocenters. The van der Waals surface area contributed by atoms with Crippen molar-refractivity contribution in [1.82, 2.24) is 0 Å². The largest absolute Gasteiger partial charge is 0.508 e. The lowest BCUT2D eigenvalue weighted by molar-refractivity contribution is -0.120. The number of nitrogens with zero attached hydrogens (tertiary/aromatic N) is 1. The van der Waals surface area contributed by atoms with Crippen LogP contribution in [0.15, 0.2) is 24.3 Å². The maximum absolute atomic E-state index is 11.7. The van der Waals surface area contributed by atoms with Gasteiger partial charge >= 0.3 is 0 Å². The molecule has 19 heavy (non-hydrogen) atoms. The van der Waals surface area contributed by atoms with Gasteiger partial charge in [0.1, 0.15) is 11.5 Å². The summed E-state index contributed by atoms with van der Waals surface area (Å²) >= 11 is 0. The van der Waals surface area contributed by atoms with Crippen LogP contribution >= 0.6 is 0 Å². The van der Waals surface area contributed by atoms with Crippen molar-refractivity contribution >= 4 is 17.5 Å². The van der Waals surface area contributed by atoms with Crippen molar-refractivity contribution in [3.63, 3.8) is 0 Å². The maximum atomic E-state index is 11.7. The summed E-state index contributed by atoms with van der Waals surface area (Å²) in [6.45, 7) is 4.08. The number of ether oxygens (including phenoxy) is 1. The van der Waals surface area contributed by atoms with E-state index in [-0.39, 0.29) is 5.75 Å². The first-order valence-electron chi connectivity index (χ1n) is 6.07. The Bertz CT molecular complexity index is 545. The first-order valence-corrected chi connectivity index (χ1v) is 6.07. The van der Waals surface area contributed by atoms with E-state index in [1.807, 2.05) is 6.92 Å². The number of carbonyl (C=O) groups is 2. The highest BCUT2D eigenvalue weighted by Gasteiger charge is 2.29. The van der Waals surface area contributed by atoms with Crippen LogP contribution in [0.5, 0.6) is 11.5 Å². The second-order valence-electron chi connectivity index (χ2n) is 4.25. The minimum absolute atomic E-state index is 0.0712. The summed E-state index contributed by atoms with van der Waals surface area (Å²) in [5.74, 6) is -0.373. The summed E-state index contributed by atoms with van der Waals surface area (Å²) in [6, 6.07) is 2.96. The standard InChI is InChI=1S/C14H15NO4/c1-3-8-19-14-9(2)11(16)5-4-10(14)15-12(17)6-7-13(15)18/h4-7,16H,3,8H2,1-2H3. The Morgan fingerprint density at radius 1 is 1.21 bits per heavy atom. The van der Waals surface area contributed by atoms with Crippen LogP contribution in [0.4, 0.5) is 5.69 Å². The van der Waals surface area contributed by atoms with Gasteiger partial charge in [0.25, 0.3) is 11.8 Å². The van der Waals surface area contributed by atoms with Gasteiger partial charge in [-0.15, -0.1) is 0 Å². The van der Waals surface area contributed by atoms with Crippen LogP contribution in [-0.4, -0.2) is 23.5 Å². The van der Waals surface area contributed by atoms with Gasteiger partial charge in [-0.2, -0.15) is 0 Å². The third-order valence-corrected chi connectivity index (χ3v) is 2.86. The Hall–Kier alpha value is -2.30. The fraction of sp³-hybridized carbons (Fsp3) is 0.286. The summed E-state index contributed by atoms with van der Waals surface area (Å²) in [4.78, 5) is 24.5. The van der Waals surface area contributed by atoms with Crippen LogP contribution in [0.1, 0.15) is 18.9 Å². The number of phenols is 1. The molecule has 1 aliphatic rings. The smallest absolute Gasteiger partial charge is 0.258 e. The summed E-state index contributed by atoms with van der Waals surface area (Å²) < 4.78 is 5.57. The highest BCUT2D eigenvalue weighted by Crippen LogP contribution is 2.38. The highest BCUT2D eigenvalue weighted by molar-refractivity contribution is 6.28. The highest BCUT2D eigenvalue weighted by atomic mass is 16.5. The Balaban J connectivity index is 2.47. The van der Waals surface area contributed by atoms with Crippen molar-refractivity contribution < 1.29 is 19.4 Å². The molecule has 100 valence electrons. The quantitative estimate of drug-likeness (QED) is 0.841. The second kappa shape index (κ2) is 5.14. The van der Waals surface area contributed by atoms with Crippen molar-refractivity contribution in [3.05, 3.63) is 29.8 Å². The summed E-state index contributed by atoms with van der Waals surface area (Å²) in [6.07, 6.45) is 3.22. The molecule has 0 bridgehead atoms. The molecule has 1 aromatic rings. The fourth-order valence-electron chi connectivity index (χ4n) is 1.87. The summed E-state index contributed by atoms with van der Waals surface area (Å²) in [5, 5.41) is 9.71. The van der Waals surface area contributed by atoms with Crippen LogP contribution in [0, 0.1) is 6.92 Å². The monoisotopic (exact) mass is 261 g/mol. The van der Waals surface area contributed by atoms with Crippen molar-refractivity contribution in [3.8, 4) is 11.5 Å². The third-order valence-electron chi connectivity index (χ3n) is 2.86. The van der Waals surface area contributed by atoms with Crippen LogP contribution < -0.4 is 9.64 Å². The number of phenolic OH excluding ortho intramolecular Hbond substituents is 1. The third kappa shape index (κ3) is 2.31. The predicted octanol–water partition coefficient (Wildman–Crippen LogP) is 1.92. The number of hydrogen-bond donors (Lipinski definition) is 1. The number of hydrogen-bond acceptors (Lipinski definition) is 4. The summed E-state index contributed by atoms with van der Waals surface area (Å²) in [5.41, 5.74) is 0.877. The molecule has 0 aromatic heterocycles. The Kier molecular flexibility index (Phi) is 3.55. The van der Waals surface area contributed by atoms with E-state index < -0.39 is 11.8 Å². The molecule has 1 aliphatic heterocycles. The molecule has 0 saturated heterocycles. The van der Waals surface area contributed by atoms with Gasteiger partial charge in [-0.05, 0) is 25.5 Å². The number of rotatable bonds is 4. The minimum atomic E-state index is -0.406. The normalized spacial score (nSPS) is 14.3. The second-order valence-corrected chi connectivity index (χ2v) is 4.25. The molecular weight excluding hydrogens is 246 g/mol. The molecule has 0 fully saturated rings. The molecule has 0 saturated carbocycles. The lowest BCUT2D eigenvalue weighted by Gasteiger charge is -2.20. The lowest BCUT2D eigenvalue weighted by Crippen LogP contribution is -2.30. The van der Waals surface area contributed by atoms with Gasteiger partial charge in [0.2, 0.25) is 0 Å². The molecule has 2 rings (SSSR count). The van der Waals surface area contributed by atoms with E-state index in [9.17, 15) is 14.7 Å². The number of carbonyl (C=O) groups excluding carboxylic acids is 2. The molecule has 0 radical (unpaired) electrons. The lowest BCUT2D eigenvalue weighted by atomic mass is 10.1. The molecule has 1 heterocycles. The Morgan fingerprint density at radius 2 is 1.84 bits per heavy atom. The molecule has 0 spiro atoms. The number of imide groups is 1. The molecular formula is C14H15NO4. The van der Waals surface area contributed by atoms with E-state index in [4.69, 9.17) is 4.74 Å². The van der Waals surface area contributed by atoms with Crippen molar-refractivity contribution in [2.24, 2.45) is 0 Å². The molecule has 2 amide bonds. The van der Waals surface area contributed by atoms with Crippen molar-refractivity contribution in [1.29, 1.82) is 0 Å². The predicted molar refractivity (Wildman–Crippen MR) is 70.3 cm³/mol. The number of amides is 2. The van der Waals surface area contributed by atoms with Gasteiger partial charge in [-0.25, -0.2) is 4.90 Å². The van der Waals surface area contributed by atoms with Gasteiger partial charge in [0.05, 0.1) is 12.3 Å². The van der Waals surface area contributed by atoms with Crippen LogP contribution in [0.25, 0.3) is 0 Å². The van der Waals surface area contributed by atoms with E-state index in [1.165, 1.54) is 24.3 Å². The van der Waals surface area contributed by atoms with E-state index in [1.54, 1.807) is 6.92 Å². The van der Waals surface area contributed by atoms with Crippen molar-refractivity contribution in [2.75, 3.05) is 11.5 Å². The first-order chi connectivity index (χ1) is 9.06. The van der Waals surface area contributed by atoms with Crippen LogP contribution in [0.2, 0.25) is 0 Å². The number of aromatic hydroxyl groups is 1. The maximum Gasteiger partial charge on any atom is 0.258 e. The van der Waals surface area contributed by atoms with Gasteiger partial charge < -0.3 is 9.84 Å². The van der Waals surface area contributed by atoms with E-state index in [0.717, 1.165) is 11.3 Å². The van der Waals surface area contributed by atoms with Gasteiger partial charge in [0.15, 0.2) is 0 Å². The van der Waals surface area contributed by atoms with Gasteiger partial charge in [-0.3, -0.25) is 9.59 Å². The van der Waals surface area contributed by atoms with Crippen LogP contribution in [0.3, 0.4) is 0 Å². The Labute approximate surface area is 111 Å². The number of anilines is 1. The zero-order valence-electron chi connectivity index (χ0n) is 10.8. The fourth-order valence-corrected chi connectivity index (χ4v) is 1.87. The average molecular weight is 261 g/mol. The van der Waals surface area contributed by atoms with Crippen LogP contribution in [-0.2, 0) is 9.59 Å².